The Labute approximate surface area is 188 Å². The van der Waals surface area contributed by atoms with Crippen LogP contribution in [-0.4, -0.2) is 59.3 Å². The summed E-state index contributed by atoms with van der Waals surface area (Å²) in [5.74, 6) is 1.16. The fraction of sp³-hybridized carbons (Fsp3) is 0.542. The minimum Gasteiger partial charge on any atom is -0.342 e. The summed E-state index contributed by atoms with van der Waals surface area (Å²) in [7, 11) is 0. The van der Waals surface area contributed by atoms with Gasteiger partial charge < -0.3 is 10.2 Å². The van der Waals surface area contributed by atoms with Gasteiger partial charge in [0, 0.05) is 30.6 Å². The molecule has 166 valence electrons. The second-order valence-electron chi connectivity index (χ2n) is 8.84. The molecule has 0 radical (unpaired) electrons. The van der Waals surface area contributed by atoms with E-state index in [1.165, 1.54) is 0 Å². The van der Waals surface area contributed by atoms with E-state index in [1.807, 2.05) is 35.7 Å². The number of nitrogens with zero attached hydrogens (tertiary/aromatic N) is 3. The van der Waals surface area contributed by atoms with Crippen LogP contribution in [0.25, 0.3) is 0 Å². The number of thiazole rings is 1. The molecule has 1 unspecified atom stereocenters. The summed E-state index contributed by atoms with van der Waals surface area (Å²) in [6.07, 6.45) is 5.69. The molecule has 2 aliphatic heterocycles. The Hall–Kier alpha value is -2.25. The van der Waals surface area contributed by atoms with Crippen molar-refractivity contribution in [3.8, 4) is 0 Å². The largest absolute Gasteiger partial charge is 0.342 e. The zero-order chi connectivity index (χ0) is 21.6. The normalized spacial score (nSPS) is 19.8. The third-order valence-electron chi connectivity index (χ3n) is 6.54. The smallest absolute Gasteiger partial charge is 0.235 e. The van der Waals surface area contributed by atoms with Gasteiger partial charge in [-0.2, -0.15) is 0 Å². The standard InChI is InChI=1S/C24H32N4O2S/c1-18-7-14-28(15-8-18)24(30)20-9-12-27(13-10-20)17-21(29)26-22(23-25-11-16-31-23)19-5-3-2-4-6-19/h2-6,11,16,18,20,22H,7-10,12-15,17H2,1H3,(H,26,29). The lowest BCUT2D eigenvalue weighted by Gasteiger charge is -2.36. The summed E-state index contributed by atoms with van der Waals surface area (Å²) in [6, 6.07) is 9.74. The van der Waals surface area contributed by atoms with E-state index in [0.717, 1.165) is 68.4 Å². The molecule has 31 heavy (non-hydrogen) atoms. The molecule has 1 atom stereocenters. The van der Waals surface area contributed by atoms with E-state index in [0.29, 0.717) is 12.5 Å². The van der Waals surface area contributed by atoms with Crippen molar-refractivity contribution in [1.29, 1.82) is 0 Å². The van der Waals surface area contributed by atoms with Crippen molar-refractivity contribution in [2.75, 3.05) is 32.7 Å². The number of amides is 2. The Morgan fingerprint density at radius 2 is 1.81 bits per heavy atom. The molecule has 3 heterocycles. The van der Waals surface area contributed by atoms with Gasteiger partial charge in [0.05, 0.1) is 6.54 Å². The Balaban J connectivity index is 1.28. The number of aromatic nitrogens is 1. The van der Waals surface area contributed by atoms with E-state index < -0.39 is 0 Å². The predicted octanol–water partition coefficient (Wildman–Crippen LogP) is 3.32. The van der Waals surface area contributed by atoms with Crippen LogP contribution in [0.15, 0.2) is 41.9 Å². The molecule has 2 amide bonds. The average molecular weight is 441 g/mol. The van der Waals surface area contributed by atoms with Crippen LogP contribution in [0.3, 0.4) is 0 Å². The lowest BCUT2D eigenvalue weighted by molar-refractivity contribution is -0.138. The summed E-state index contributed by atoms with van der Waals surface area (Å²) in [6.45, 7) is 6.02. The van der Waals surface area contributed by atoms with E-state index in [4.69, 9.17) is 0 Å². The van der Waals surface area contributed by atoms with Crippen molar-refractivity contribution in [1.82, 2.24) is 20.1 Å². The molecule has 0 bridgehead atoms. The van der Waals surface area contributed by atoms with Crippen LogP contribution in [0, 0.1) is 11.8 Å². The Kier molecular flexibility index (Phi) is 7.35. The van der Waals surface area contributed by atoms with E-state index in [9.17, 15) is 9.59 Å². The van der Waals surface area contributed by atoms with Gasteiger partial charge in [0.25, 0.3) is 0 Å². The zero-order valence-electron chi connectivity index (χ0n) is 18.2. The van der Waals surface area contributed by atoms with Crippen LogP contribution in [0.2, 0.25) is 0 Å². The van der Waals surface area contributed by atoms with Gasteiger partial charge in [0.15, 0.2) is 0 Å². The number of hydrogen-bond acceptors (Lipinski definition) is 5. The molecule has 0 aliphatic carbocycles. The van der Waals surface area contributed by atoms with Gasteiger partial charge in [-0.1, -0.05) is 37.3 Å². The fourth-order valence-corrected chi connectivity index (χ4v) is 5.26. The Bertz CT molecular complexity index is 842. The van der Waals surface area contributed by atoms with Gasteiger partial charge in [-0.3, -0.25) is 14.5 Å². The van der Waals surface area contributed by atoms with Crippen molar-refractivity contribution in [2.24, 2.45) is 11.8 Å². The maximum absolute atomic E-state index is 12.8. The van der Waals surface area contributed by atoms with Crippen LogP contribution in [-0.2, 0) is 9.59 Å². The number of hydrogen-bond donors (Lipinski definition) is 1. The summed E-state index contributed by atoms with van der Waals surface area (Å²) >= 11 is 1.55. The van der Waals surface area contributed by atoms with E-state index in [-0.39, 0.29) is 17.9 Å². The molecule has 4 rings (SSSR count). The third kappa shape index (κ3) is 5.71. The van der Waals surface area contributed by atoms with Crippen molar-refractivity contribution in [3.63, 3.8) is 0 Å². The number of nitrogens with one attached hydrogen (secondary N) is 1. The molecule has 2 aliphatic rings. The highest BCUT2D eigenvalue weighted by molar-refractivity contribution is 7.09. The van der Waals surface area contributed by atoms with Gasteiger partial charge in [-0.15, -0.1) is 11.3 Å². The molecule has 7 heteroatoms. The first-order valence-corrected chi connectivity index (χ1v) is 12.2. The number of carbonyl (C=O) groups is 2. The summed E-state index contributed by atoms with van der Waals surface area (Å²) in [4.78, 5) is 34.3. The second-order valence-corrected chi connectivity index (χ2v) is 9.77. The highest BCUT2D eigenvalue weighted by Crippen LogP contribution is 2.25. The van der Waals surface area contributed by atoms with Gasteiger partial charge in [0.2, 0.25) is 11.8 Å². The maximum Gasteiger partial charge on any atom is 0.235 e. The molecule has 1 N–H and O–H groups in total. The highest BCUT2D eigenvalue weighted by atomic mass is 32.1. The molecule has 2 fully saturated rings. The van der Waals surface area contributed by atoms with Crippen LogP contribution < -0.4 is 5.32 Å². The number of benzene rings is 1. The Morgan fingerprint density at radius 1 is 1.10 bits per heavy atom. The Morgan fingerprint density at radius 3 is 2.45 bits per heavy atom. The average Bonchev–Trinajstić information content (AvgIpc) is 3.33. The van der Waals surface area contributed by atoms with Crippen LogP contribution in [0.1, 0.15) is 49.2 Å². The summed E-state index contributed by atoms with van der Waals surface area (Å²) in [5.41, 5.74) is 1.03. The van der Waals surface area contributed by atoms with Crippen LogP contribution in [0.5, 0.6) is 0 Å². The topological polar surface area (TPSA) is 65.5 Å². The molecule has 6 nitrogen and oxygen atoms in total. The molecule has 1 aromatic heterocycles. The number of carbonyl (C=O) groups excluding carboxylic acids is 2. The van der Waals surface area contributed by atoms with Gasteiger partial charge in [-0.25, -0.2) is 4.98 Å². The molecule has 0 spiro atoms. The van der Waals surface area contributed by atoms with Gasteiger partial charge in [0.1, 0.15) is 11.0 Å². The molecule has 2 aromatic rings. The van der Waals surface area contributed by atoms with Gasteiger partial charge in [-0.05, 0) is 50.3 Å². The SMILES string of the molecule is CC1CCN(C(=O)C2CCN(CC(=O)NC(c3ccccc3)c3nccs3)CC2)CC1. The first-order valence-electron chi connectivity index (χ1n) is 11.3. The first kappa shape index (κ1) is 22.0. The van der Waals surface area contributed by atoms with E-state index in [1.54, 1.807) is 17.5 Å². The van der Waals surface area contributed by atoms with Crippen LogP contribution in [0.4, 0.5) is 0 Å². The van der Waals surface area contributed by atoms with Crippen molar-refractivity contribution in [3.05, 3.63) is 52.5 Å². The number of likely N-dealkylation sites (tertiary alicyclic amines) is 2. The predicted molar refractivity (Wildman–Crippen MR) is 123 cm³/mol. The van der Waals surface area contributed by atoms with E-state index >= 15 is 0 Å². The maximum atomic E-state index is 12.8. The summed E-state index contributed by atoms with van der Waals surface area (Å²) in [5, 5.41) is 5.99. The molecule has 0 saturated carbocycles. The minimum absolute atomic E-state index is 0.00107. The van der Waals surface area contributed by atoms with Crippen LogP contribution >= 0.6 is 11.3 Å². The quantitative estimate of drug-likeness (QED) is 0.748. The van der Waals surface area contributed by atoms with Crippen molar-refractivity contribution in [2.45, 2.75) is 38.6 Å². The minimum atomic E-state index is -0.227. The highest BCUT2D eigenvalue weighted by Gasteiger charge is 2.31. The third-order valence-corrected chi connectivity index (χ3v) is 7.38. The molecule has 1 aromatic carbocycles. The fourth-order valence-electron chi connectivity index (χ4n) is 4.55. The molecular formula is C24H32N4O2S. The number of piperidine rings is 2. The molecule has 2 saturated heterocycles. The van der Waals surface area contributed by atoms with Crippen molar-refractivity contribution < 1.29 is 9.59 Å². The monoisotopic (exact) mass is 440 g/mol. The second kappa shape index (κ2) is 10.4. The van der Waals surface area contributed by atoms with Gasteiger partial charge >= 0.3 is 0 Å². The zero-order valence-corrected chi connectivity index (χ0v) is 19.0. The van der Waals surface area contributed by atoms with E-state index in [2.05, 4.69) is 27.0 Å². The number of rotatable bonds is 6. The van der Waals surface area contributed by atoms with Crippen molar-refractivity contribution >= 4 is 23.2 Å². The lowest BCUT2D eigenvalue weighted by Crippen LogP contribution is -2.47. The first-order chi connectivity index (χ1) is 15.1. The molecular weight excluding hydrogens is 408 g/mol. The summed E-state index contributed by atoms with van der Waals surface area (Å²) < 4.78 is 0. The lowest BCUT2D eigenvalue weighted by atomic mass is 9.92.